The number of para-hydroxylation sites is 1. The summed E-state index contributed by atoms with van der Waals surface area (Å²) in [6.07, 6.45) is 1.79. The maximum atomic E-state index is 12.3. The highest BCUT2D eigenvalue weighted by molar-refractivity contribution is 7.98. The van der Waals surface area contributed by atoms with Crippen molar-refractivity contribution in [2.75, 3.05) is 6.79 Å². The van der Waals surface area contributed by atoms with Crippen LogP contribution in [0, 0.1) is 0 Å². The minimum absolute atomic E-state index is 0.148. The van der Waals surface area contributed by atoms with Gasteiger partial charge in [-0.3, -0.25) is 9.36 Å². The molecule has 0 spiro atoms. The van der Waals surface area contributed by atoms with Crippen molar-refractivity contribution < 1.29 is 9.47 Å². The average molecular weight is 419 g/mol. The summed E-state index contributed by atoms with van der Waals surface area (Å²) in [5.74, 6) is 3.15. The highest BCUT2D eigenvalue weighted by Gasteiger charge is 2.19. The van der Waals surface area contributed by atoms with Crippen LogP contribution in [0.1, 0.15) is 5.82 Å². The zero-order chi connectivity index (χ0) is 20.5. The van der Waals surface area contributed by atoms with Crippen molar-refractivity contribution in [1.82, 2.24) is 24.7 Å². The van der Waals surface area contributed by atoms with Gasteiger partial charge in [0.1, 0.15) is 5.82 Å². The first-order valence-electron chi connectivity index (χ1n) is 9.28. The lowest BCUT2D eigenvalue weighted by atomic mass is 10.2. The van der Waals surface area contributed by atoms with Gasteiger partial charge in [-0.25, -0.2) is 4.98 Å². The molecule has 3 heterocycles. The highest BCUT2D eigenvalue weighted by Crippen LogP contribution is 2.36. The fourth-order valence-corrected chi connectivity index (χ4v) is 4.09. The second-order valence-electron chi connectivity index (χ2n) is 6.59. The fourth-order valence-electron chi connectivity index (χ4n) is 3.27. The summed E-state index contributed by atoms with van der Waals surface area (Å²) in [4.78, 5) is 19.7. The van der Waals surface area contributed by atoms with Gasteiger partial charge in [-0.2, -0.15) is 0 Å². The molecule has 150 valence electrons. The maximum absolute atomic E-state index is 12.3. The van der Waals surface area contributed by atoms with Gasteiger partial charge < -0.3 is 14.5 Å². The van der Waals surface area contributed by atoms with Gasteiger partial charge in [-0.15, -0.1) is 16.8 Å². The Morgan fingerprint density at radius 3 is 2.93 bits per heavy atom. The number of aromatic amines is 1. The van der Waals surface area contributed by atoms with Crippen LogP contribution in [-0.2, 0) is 12.3 Å². The number of H-pyrrole nitrogens is 1. The summed E-state index contributed by atoms with van der Waals surface area (Å²) in [5.41, 5.74) is 1.40. The Kier molecular flexibility index (Phi) is 4.72. The van der Waals surface area contributed by atoms with Crippen LogP contribution in [0.15, 0.2) is 65.1 Å². The molecular formula is C21H17N5O3S. The van der Waals surface area contributed by atoms with Crippen molar-refractivity contribution in [1.29, 1.82) is 0 Å². The summed E-state index contributed by atoms with van der Waals surface area (Å²) in [6, 6.07) is 13.0. The number of hydrogen-bond acceptors (Lipinski definition) is 7. The van der Waals surface area contributed by atoms with Crippen LogP contribution in [0.25, 0.3) is 22.3 Å². The molecule has 2 aromatic carbocycles. The minimum Gasteiger partial charge on any atom is -0.454 e. The van der Waals surface area contributed by atoms with Crippen LogP contribution in [0.3, 0.4) is 0 Å². The molecule has 1 aliphatic rings. The Morgan fingerprint density at radius 2 is 2.03 bits per heavy atom. The molecule has 1 N–H and O–H groups in total. The third-order valence-electron chi connectivity index (χ3n) is 4.66. The van der Waals surface area contributed by atoms with Crippen molar-refractivity contribution in [2.24, 2.45) is 0 Å². The van der Waals surface area contributed by atoms with Gasteiger partial charge in [0.05, 0.1) is 16.7 Å². The molecule has 5 rings (SSSR count). The van der Waals surface area contributed by atoms with E-state index in [0.717, 1.165) is 11.3 Å². The van der Waals surface area contributed by atoms with Gasteiger partial charge in [0.15, 0.2) is 22.5 Å². The summed E-state index contributed by atoms with van der Waals surface area (Å²) in [5, 5.41) is 9.99. The van der Waals surface area contributed by atoms with Gasteiger partial charge in [0, 0.05) is 12.1 Å². The van der Waals surface area contributed by atoms with E-state index >= 15 is 0 Å². The van der Waals surface area contributed by atoms with Gasteiger partial charge in [0.2, 0.25) is 6.79 Å². The van der Waals surface area contributed by atoms with Crippen LogP contribution in [0.5, 0.6) is 11.5 Å². The van der Waals surface area contributed by atoms with E-state index in [1.165, 1.54) is 11.8 Å². The van der Waals surface area contributed by atoms with E-state index in [9.17, 15) is 4.79 Å². The first-order chi connectivity index (χ1) is 14.7. The number of hydrogen-bond donors (Lipinski definition) is 1. The number of rotatable bonds is 6. The molecule has 0 atom stereocenters. The van der Waals surface area contributed by atoms with Crippen molar-refractivity contribution >= 4 is 22.7 Å². The molecule has 4 aromatic rings. The SMILES string of the molecule is C=CCn1c(SCc2nc3ccccc3c(=O)[nH]2)nnc1-c1ccc2c(c1)OCO2. The van der Waals surface area contributed by atoms with E-state index in [1.54, 1.807) is 12.1 Å². The molecule has 0 unspecified atom stereocenters. The van der Waals surface area contributed by atoms with Crippen molar-refractivity contribution in [3.05, 3.63) is 71.3 Å². The number of aromatic nitrogens is 5. The van der Waals surface area contributed by atoms with Crippen LogP contribution in [-0.4, -0.2) is 31.5 Å². The van der Waals surface area contributed by atoms with Crippen LogP contribution >= 0.6 is 11.8 Å². The molecule has 0 bridgehead atoms. The van der Waals surface area contributed by atoms with E-state index in [2.05, 4.69) is 26.7 Å². The highest BCUT2D eigenvalue weighted by atomic mass is 32.2. The smallest absolute Gasteiger partial charge is 0.258 e. The van der Waals surface area contributed by atoms with E-state index in [-0.39, 0.29) is 12.4 Å². The summed E-state index contributed by atoms with van der Waals surface area (Å²) >= 11 is 1.45. The van der Waals surface area contributed by atoms with Crippen LogP contribution in [0.4, 0.5) is 0 Å². The van der Waals surface area contributed by atoms with Crippen molar-refractivity contribution in [3.8, 4) is 22.9 Å². The van der Waals surface area contributed by atoms with Crippen molar-refractivity contribution in [2.45, 2.75) is 17.5 Å². The predicted octanol–water partition coefficient (Wildman–Crippen LogP) is 3.39. The molecule has 0 saturated heterocycles. The largest absolute Gasteiger partial charge is 0.454 e. The number of thioether (sulfide) groups is 1. The third kappa shape index (κ3) is 3.33. The number of benzene rings is 2. The lowest BCUT2D eigenvalue weighted by Gasteiger charge is -2.08. The first-order valence-corrected chi connectivity index (χ1v) is 10.3. The molecule has 0 saturated carbocycles. The van der Waals surface area contributed by atoms with E-state index in [4.69, 9.17) is 9.47 Å². The van der Waals surface area contributed by atoms with E-state index < -0.39 is 0 Å². The molecule has 8 nitrogen and oxygen atoms in total. The summed E-state index contributed by atoms with van der Waals surface area (Å²) in [6.45, 7) is 4.60. The number of nitrogens with one attached hydrogen (secondary N) is 1. The van der Waals surface area contributed by atoms with Gasteiger partial charge in [-0.05, 0) is 30.3 Å². The predicted molar refractivity (Wildman–Crippen MR) is 114 cm³/mol. The molecule has 2 aromatic heterocycles. The molecule has 9 heteroatoms. The van der Waals surface area contributed by atoms with Crippen LogP contribution in [0.2, 0.25) is 0 Å². The number of fused-ring (bicyclic) bond motifs is 2. The zero-order valence-electron chi connectivity index (χ0n) is 15.9. The Labute approximate surface area is 175 Å². The average Bonchev–Trinajstić information content (AvgIpc) is 3.39. The molecular weight excluding hydrogens is 402 g/mol. The summed E-state index contributed by atoms with van der Waals surface area (Å²) < 4.78 is 12.8. The number of nitrogens with zero attached hydrogens (tertiary/aromatic N) is 4. The monoisotopic (exact) mass is 419 g/mol. The topological polar surface area (TPSA) is 94.9 Å². The maximum Gasteiger partial charge on any atom is 0.258 e. The zero-order valence-corrected chi connectivity index (χ0v) is 16.7. The first kappa shape index (κ1) is 18.4. The van der Waals surface area contributed by atoms with Crippen molar-refractivity contribution in [3.63, 3.8) is 0 Å². The lowest BCUT2D eigenvalue weighted by Crippen LogP contribution is -2.11. The Hall–Kier alpha value is -3.59. The number of allylic oxidation sites excluding steroid dienone is 1. The van der Waals surface area contributed by atoms with E-state index in [1.807, 2.05) is 41.0 Å². The van der Waals surface area contributed by atoms with Gasteiger partial charge >= 0.3 is 0 Å². The molecule has 1 aliphatic heterocycles. The lowest BCUT2D eigenvalue weighted by molar-refractivity contribution is 0.174. The standard InChI is InChI=1S/C21H17N5O3S/c1-2-9-26-19(13-7-8-16-17(10-13)29-12-28-16)24-25-21(26)30-11-18-22-15-6-4-3-5-14(15)20(27)23-18/h2-8,10H,1,9,11-12H2,(H,22,23,27). The quantitative estimate of drug-likeness (QED) is 0.378. The molecule has 0 aliphatic carbocycles. The fraction of sp³-hybridized carbons (Fsp3) is 0.143. The summed E-state index contributed by atoms with van der Waals surface area (Å²) in [7, 11) is 0. The molecule has 0 fully saturated rings. The normalized spacial score (nSPS) is 12.4. The number of ether oxygens (including phenoxy) is 2. The molecule has 0 radical (unpaired) electrons. The molecule has 0 amide bonds. The third-order valence-corrected chi connectivity index (χ3v) is 5.64. The Morgan fingerprint density at radius 1 is 1.17 bits per heavy atom. The van der Waals surface area contributed by atoms with Gasteiger partial charge in [-0.1, -0.05) is 30.0 Å². The van der Waals surface area contributed by atoms with Crippen LogP contribution < -0.4 is 15.0 Å². The van der Waals surface area contributed by atoms with Gasteiger partial charge in [0.25, 0.3) is 5.56 Å². The second kappa shape index (κ2) is 7.68. The second-order valence-corrected chi connectivity index (χ2v) is 7.53. The molecule has 30 heavy (non-hydrogen) atoms. The van der Waals surface area contributed by atoms with E-state index in [0.29, 0.717) is 45.8 Å². The Bertz CT molecular complexity index is 1310. The Balaban J connectivity index is 1.44. The minimum atomic E-state index is -0.148.